The van der Waals surface area contributed by atoms with Gasteiger partial charge in [0.2, 0.25) is 0 Å². The van der Waals surface area contributed by atoms with Gasteiger partial charge in [0, 0.05) is 13.2 Å². The molecule has 0 atom stereocenters. The molecule has 0 radical (unpaired) electrons. The van der Waals surface area contributed by atoms with Gasteiger partial charge in [-0.1, -0.05) is 104 Å². The van der Waals surface area contributed by atoms with E-state index in [-0.39, 0.29) is 36.3 Å². The predicted octanol–water partition coefficient (Wildman–Crippen LogP) is 4.59. The summed E-state index contributed by atoms with van der Waals surface area (Å²) in [5.74, 6) is 0. The molecule has 0 heterocycles. The average Bonchev–Trinajstić information content (AvgIpc) is 2.65. The van der Waals surface area contributed by atoms with Crippen LogP contribution in [0.25, 0.3) is 0 Å². The largest absolute Gasteiger partial charge is 2.00 e. The van der Waals surface area contributed by atoms with Crippen molar-refractivity contribution in [2.75, 3.05) is 13.2 Å². The number of unbranched alkanes of at least 4 members (excludes halogenated alkanes) is 14. The Kier molecular flexibility index (Phi) is 33.5. The predicted molar refractivity (Wildman–Crippen MR) is 114 cm³/mol. The Morgan fingerprint density at radius 1 is 0.517 bits per heavy atom. The normalized spacial score (nSPS) is 9.72. The standard InChI is InChI=1S/2C11H22O3.Mg/c2*1-2-3-4-5-6-7-8-9-10-14-11(12)13;/h2*2-10H2,1H3,(H,12,13);/q;;+2/p-2. The van der Waals surface area contributed by atoms with E-state index in [1.54, 1.807) is 0 Å². The molecule has 0 rings (SSSR count). The zero-order valence-corrected chi connectivity index (χ0v) is 20.3. The van der Waals surface area contributed by atoms with Crippen LogP contribution in [0, 0.1) is 0 Å². The second-order valence-corrected chi connectivity index (χ2v) is 7.15. The molecule has 0 aromatic carbocycles. The fraction of sp³-hybridized carbons (Fsp3) is 0.909. The van der Waals surface area contributed by atoms with Crippen LogP contribution in [0.3, 0.4) is 0 Å². The second kappa shape index (κ2) is 29.5. The maximum atomic E-state index is 9.87. The molecule has 0 aromatic heterocycles. The third-order valence-corrected chi connectivity index (χ3v) is 4.44. The van der Waals surface area contributed by atoms with Gasteiger partial charge in [0.05, 0.1) is 0 Å². The number of carbonyl (C=O) groups is 2. The maximum Gasteiger partial charge on any atom is 2.00 e. The van der Waals surface area contributed by atoms with Gasteiger partial charge in [-0.3, -0.25) is 0 Å². The number of carbonyl (C=O) groups excluding carboxylic acids is 2. The van der Waals surface area contributed by atoms with Gasteiger partial charge in [0.1, 0.15) is 0 Å². The Bertz CT molecular complexity index is 307. The molecule has 0 fully saturated rings. The molecule has 0 amide bonds. The van der Waals surface area contributed by atoms with Crippen LogP contribution in [0.5, 0.6) is 0 Å². The molecule has 7 heteroatoms. The Morgan fingerprint density at radius 2 is 0.759 bits per heavy atom. The van der Waals surface area contributed by atoms with Crippen LogP contribution in [-0.4, -0.2) is 48.6 Å². The summed E-state index contributed by atoms with van der Waals surface area (Å²) in [5, 5.41) is 19.7. The smallest absolute Gasteiger partial charge is 0.550 e. The Hall–Kier alpha value is -0.694. The SMILES string of the molecule is CCCCCCCCCCOC(=O)[O-].CCCCCCCCCCOC(=O)[O-].[Mg+2]. The quantitative estimate of drug-likeness (QED) is 0.180. The zero-order valence-electron chi connectivity index (χ0n) is 18.9. The summed E-state index contributed by atoms with van der Waals surface area (Å²) < 4.78 is 8.58. The van der Waals surface area contributed by atoms with Gasteiger partial charge in [-0.05, 0) is 12.8 Å². The monoisotopic (exact) mass is 426 g/mol. The Balaban J connectivity index is -0.000000451. The fourth-order valence-corrected chi connectivity index (χ4v) is 2.78. The minimum atomic E-state index is -1.41. The van der Waals surface area contributed by atoms with E-state index < -0.39 is 12.3 Å². The number of hydrogen-bond donors (Lipinski definition) is 0. The third-order valence-electron chi connectivity index (χ3n) is 4.44. The fourth-order valence-electron chi connectivity index (χ4n) is 2.78. The van der Waals surface area contributed by atoms with Crippen molar-refractivity contribution < 1.29 is 29.3 Å². The van der Waals surface area contributed by atoms with Crippen molar-refractivity contribution in [1.82, 2.24) is 0 Å². The van der Waals surface area contributed by atoms with Gasteiger partial charge >= 0.3 is 23.1 Å². The van der Waals surface area contributed by atoms with Crippen molar-refractivity contribution >= 4 is 35.4 Å². The minimum absolute atomic E-state index is 0. The van der Waals surface area contributed by atoms with E-state index >= 15 is 0 Å². The minimum Gasteiger partial charge on any atom is -0.550 e. The van der Waals surface area contributed by atoms with Gasteiger partial charge in [0.15, 0.2) is 0 Å². The summed E-state index contributed by atoms with van der Waals surface area (Å²) in [6.07, 6.45) is 16.3. The molecule has 29 heavy (non-hydrogen) atoms. The first-order valence-corrected chi connectivity index (χ1v) is 11.2. The summed E-state index contributed by atoms with van der Waals surface area (Å²) in [6.45, 7) is 4.99. The molecule has 0 N–H and O–H groups in total. The van der Waals surface area contributed by atoms with Crippen LogP contribution in [0.15, 0.2) is 0 Å². The van der Waals surface area contributed by atoms with Crippen LogP contribution < -0.4 is 10.2 Å². The summed E-state index contributed by atoms with van der Waals surface area (Å²) in [4.78, 5) is 19.7. The first-order valence-electron chi connectivity index (χ1n) is 11.2. The van der Waals surface area contributed by atoms with Crippen LogP contribution in [0.1, 0.15) is 117 Å². The van der Waals surface area contributed by atoms with E-state index in [1.165, 1.54) is 77.0 Å². The van der Waals surface area contributed by atoms with E-state index in [9.17, 15) is 19.8 Å². The van der Waals surface area contributed by atoms with E-state index in [0.29, 0.717) is 0 Å². The van der Waals surface area contributed by atoms with Gasteiger partial charge in [-0.25, -0.2) is 0 Å². The summed E-state index contributed by atoms with van der Waals surface area (Å²) in [5.41, 5.74) is 0. The molecule has 168 valence electrons. The molecule has 0 aromatic rings. The molecule has 0 bridgehead atoms. The van der Waals surface area contributed by atoms with Crippen molar-refractivity contribution in [3.63, 3.8) is 0 Å². The van der Waals surface area contributed by atoms with Gasteiger partial charge in [-0.2, -0.15) is 0 Å². The molecule has 0 aliphatic heterocycles. The summed E-state index contributed by atoms with van der Waals surface area (Å²) >= 11 is 0. The van der Waals surface area contributed by atoms with Gasteiger partial charge < -0.3 is 29.3 Å². The van der Waals surface area contributed by atoms with Crippen molar-refractivity contribution in [2.45, 2.75) is 117 Å². The molecule has 6 nitrogen and oxygen atoms in total. The van der Waals surface area contributed by atoms with E-state index in [1.807, 2.05) is 0 Å². The first-order chi connectivity index (χ1) is 13.5. The summed E-state index contributed by atoms with van der Waals surface area (Å²) in [6, 6.07) is 0. The van der Waals surface area contributed by atoms with E-state index in [4.69, 9.17) is 0 Å². The molecule has 0 saturated carbocycles. The van der Waals surface area contributed by atoms with E-state index in [2.05, 4.69) is 23.3 Å². The van der Waals surface area contributed by atoms with Crippen LogP contribution >= 0.6 is 0 Å². The summed E-state index contributed by atoms with van der Waals surface area (Å²) in [7, 11) is 0. The molecule has 0 unspecified atom stereocenters. The van der Waals surface area contributed by atoms with Crippen molar-refractivity contribution in [3.05, 3.63) is 0 Å². The molecule has 0 saturated heterocycles. The molecule has 0 aliphatic rings. The van der Waals surface area contributed by atoms with Gasteiger partial charge in [0.25, 0.3) is 12.3 Å². The Morgan fingerprint density at radius 3 is 1.00 bits per heavy atom. The van der Waals surface area contributed by atoms with Crippen LogP contribution in [0.4, 0.5) is 9.59 Å². The van der Waals surface area contributed by atoms with Crippen molar-refractivity contribution in [1.29, 1.82) is 0 Å². The molecule has 0 aliphatic carbocycles. The van der Waals surface area contributed by atoms with Crippen molar-refractivity contribution in [2.24, 2.45) is 0 Å². The third kappa shape index (κ3) is 38.5. The number of hydrogen-bond acceptors (Lipinski definition) is 6. The zero-order chi connectivity index (χ0) is 21.3. The second-order valence-electron chi connectivity index (χ2n) is 7.15. The first kappa shape index (κ1) is 33.0. The van der Waals surface area contributed by atoms with Crippen LogP contribution in [-0.2, 0) is 9.47 Å². The average molecular weight is 427 g/mol. The maximum absolute atomic E-state index is 9.87. The number of carboxylic acid groups (broad SMARTS) is 2. The molecular formula is C22H42MgO6. The van der Waals surface area contributed by atoms with Crippen molar-refractivity contribution in [3.8, 4) is 0 Å². The number of rotatable bonds is 18. The topological polar surface area (TPSA) is 98.7 Å². The number of ether oxygens (including phenoxy) is 2. The molecular weight excluding hydrogens is 385 g/mol. The van der Waals surface area contributed by atoms with Gasteiger partial charge in [-0.15, -0.1) is 0 Å². The molecule has 0 spiro atoms. The van der Waals surface area contributed by atoms with E-state index in [0.717, 1.165) is 25.7 Å². The van der Waals surface area contributed by atoms with Crippen LogP contribution in [0.2, 0.25) is 0 Å². The Labute approximate surface area is 194 Å².